The van der Waals surface area contributed by atoms with Crippen LogP contribution in [0.25, 0.3) is 0 Å². The summed E-state index contributed by atoms with van der Waals surface area (Å²) in [7, 11) is 1.71. The molecular weight excluding hydrogens is 376 g/mol. The normalized spacial score (nSPS) is 24.5. The fourth-order valence-electron chi connectivity index (χ4n) is 4.90. The van der Waals surface area contributed by atoms with Crippen LogP contribution in [-0.2, 0) is 11.3 Å². The van der Waals surface area contributed by atoms with Crippen molar-refractivity contribution >= 4 is 11.6 Å². The molecule has 1 aromatic heterocycles. The van der Waals surface area contributed by atoms with Crippen molar-refractivity contribution in [1.82, 2.24) is 20.2 Å². The smallest absolute Gasteiger partial charge is 0.214 e. The van der Waals surface area contributed by atoms with Gasteiger partial charge in [0.1, 0.15) is 26.2 Å². The number of hydrogen-bond acceptors (Lipinski definition) is 4. The Balaban J connectivity index is 1.55. The average molecular weight is 407 g/mol. The summed E-state index contributed by atoms with van der Waals surface area (Å²) in [6.07, 6.45) is 5.62. The Kier molecular flexibility index (Phi) is 6.57. The molecule has 4 rings (SSSR count). The van der Waals surface area contributed by atoms with Gasteiger partial charge in [-0.05, 0) is 48.2 Å². The van der Waals surface area contributed by atoms with E-state index in [1.165, 1.54) is 49.2 Å². The zero-order valence-corrected chi connectivity index (χ0v) is 17.4. The Hall–Kier alpha value is -1.54. The second kappa shape index (κ2) is 9.31. The maximum absolute atomic E-state index is 6.15. The molecular formula is C20H31ClN6O+2. The Morgan fingerprint density at radius 3 is 2.54 bits per heavy atom. The summed E-state index contributed by atoms with van der Waals surface area (Å²) in [5, 5.41) is 13.4. The van der Waals surface area contributed by atoms with Gasteiger partial charge in [-0.15, -0.1) is 5.10 Å². The van der Waals surface area contributed by atoms with Crippen molar-refractivity contribution in [1.29, 1.82) is 0 Å². The number of benzene rings is 1. The summed E-state index contributed by atoms with van der Waals surface area (Å²) >= 11 is 6.15. The minimum Gasteiger partial charge on any atom is -0.383 e. The number of ether oxygens (including phenoxy) is 1. The second-order valence-electron chi connectivity index (χ2n) is 8.04. The molecule has 0 radical (unpaired) electrons. The van der Waals surface area contributed by atoms with Crippen LogP contribution in [-0.4, -0.2) is 66.1 Å². The zero-order valence-electron chi connectivity index (χ0n) is 16.6. The van der Waals surface area contributed by atoms with Crippen LogP contribution in [0.5, 0.6) is 0 Å². The number of methoxy groups -OCH3 is 1. The molecule has 0 bridgehead atoms. The van der Waals surface area contributed by atoms with Crippen molar-refractivity contribution < 1.29 is 14.5 Å². The third-order valence-electron chi connectivity index (χ3n) is 6.40. The summed E-state index contributed by atoms with van der Waals surface area (Å²) in [5.41, 5.74) is 1.22. The Labute approximate surface area is 171 Å². The van der Waals surface area contributed by atoms with E-state index >= 15 is 0 Å². The van der Waals surface area contributed by atoms with Crippen molar-refractivity contribution in [3.63, 3.8) is 0 Å². The Bertz CT molecular complexity index is 737. The van der Waals surface area contributed by atoms with Crippen molar-refractivity contribution in [2.24, 2.45) is 0 Å². The maximum atomic E-state index is 6.15. The molecule has 2 fully saturated rings. The van der Waals surface area contributed by atoms with Gasteiger partial charge in [0.25, 0.3) is 0 Å². The second-order valence-corrected chi connectivity index (χ2v) is 8.47. The van der Waals surface area contributed by atoms with Crippen LogP contribution in [0.15, 0.2) is 24.3 Å². The number of tetrazole rings is 1. The SMILES string of the molecule is COCCn1nnnc1[C@@H](c1ccc(Cl)cc1)[NH+]1CC[NH+](C2CCCC2)CC1. The quantitative estimate of drug-likeness (QED) is 0.668. The van der Waals surface area contributed by atoms with Crippen molar-refractivity contribution in [2.45, 2.75) is 44.3 Å². The van der Waals surface area contributed by atoms with Gasteiger partial charge in [-0.1, -0.05) is 23.7 Å². The molecule has 2 heterocycles. The van der Waals surface area contributed by atoms with Crippen molar-refractivity contribution in [3.05, 3.63) is 40.7 Å². The van der Waals surface area contributed by atoms with Crippen LogP contribution in [0.1, 0.15) is 43.1 Å². The first kappa shape index (κ1) is 19.8. The Morgan fingerprint density at radius 2 is 1.86 bits per heavy atom. The molecule has 28 heavy (non-hydrogen) atoms. The van der Waals surface area contributed by atoms with E-state index in [4.69, 9.17) is 16.3 Å². The van der Waals surface area contributed by atoms with E-state index in [0.29, 0.717) is 13.2 Å². The van der Waals surface area contributed by atoms with Crippen molar-refractivity contribution in [3.8, 4) is 0 Å². The molecule has 1 aliphatic carbocycles. The standard InChI is InChI=1S/C20H29ClN6O/c1-28-15-14-27-20(22-23-24-27)19(16-6-8-17(21)9-7-16)26-12-10-25(11-13-26)18-4-2-3-5-18/h6-9,18-19H,2-5,10-15H2,1H3/p+2/t19-/m1/s1. The first-order chi connectivity index (χ1) is 13.8. The summed E-state index contributed by atoms with van der Waals surface area (Å²) < 4.78 is 7.14. The fourth-order valence-corrected chi connectivity index (χ4v) is 5.03. The highest BCUT2D eigenvalue weighted by molar-refractivity contribution is 6.30. The van der Waals surface area contributed by atoms with E-state index in [2.05, 4.69) is 27.7 Å². The monoisotopic (exact) mass is 406 g/mol. The molecule has 7 nitrogen and oxygen atoms in total. The van der Waals surface area contributed by atoms with Gasteiger partial charge in [0.15, 0.2) is 6.04 Å². The molecule has 2 N–H and O–H groups in total. The number of quaternary nitrogens is 2. The number of rotatable bonds is 7. The number of aromatic nitrogens is 4. The highest BCUT2D eigenvalue weighted by Crippen LogP contribution is 2.20. The van der Waals surface area contributed by atoms with Gasteiger partial charge < -0.3 is 14.5 Å². The van der Waals surface area contributed by atoms with Gasteiger partial charge in [-0.2, -0.15) is 0 Å². The first-order valence-corrected chi connectivity index (χ1v) is 10.8. The van der Waals surface area contributed by atoms with E-state index in [9.17, 15) is 0 Å². The summed E-state index contributed by atoms with van der Waals surface area (Å²) in [5.74, 6) is 0.915. The highest BCUT2D eigenvalue weighted by Gasteiger charge is 2.37. The van der Waals surface area contributed by atoms with Gasteiger partial charge >= 0.3 is 0 Å². The molecule has 2 aliphatic rings. The third-order valence-corrected chi connectivity index (χ3v) is 6.66. The van der Waals surface area contributed by atoms with E-state index in [0.717, 1.165) is 30.0 Å². The number of halogens is 1. The van der Waals surface area contributed by atoms with E-state index in [1.54, 1.807) is 12.0 Å². The number of nitrogens with zero attached hydrogens (tertiary/aromatic N) is 4. The average Bonchev–Trinajstić information content (AvgIpc) is 3.41. The summed E-state index contributed by atoms with van der Waals surface area (Å²) in [4.78, 5) is 3.34. The molecule has 1 aromatic carbocycles. The topological polar surface area (TPSA) is 61.7 Å². The third kappa shape index (κ3) is 4.38. The zero-order chi connectivity index (χ0) is 19.3. The molecule has 0 spiro atoms. The lowest BCUT2D eigenvalue weighted by Crippen LogP contribution is -3.29. The van der Waals surface area contributed by atoms with Crippen LogP contribution < -0.4 is 9.80 Å². The molecule has 0 amide bonds. The predicted octanol–water partition coefficient (Wildman–Crippen LogP) is -0.212. The van der Waals surface area contributed by atoms with Crippen LogP contribution in [0.3, 0.4) is 0 Å². The largest absolute Gasteiger partial charge is 0.383 e. The van der Waals surface area contributed by atoms with E-state index < -0.39 is 0 Å². The van der Waals surface area contributed by atoms with Gasteiger partial charge in [0.05, 0.1) is 19.2 Å². The molecule has 8 heteroatoms. The van der Waals surface area contributed by atoms with Crippen LogP contribution in [0.4, 0.5) is 0 Å². The minimum absolute atomic E-state index is 0.120. The molecule has 0 unspecified atom stereocenters. The lowest BCUT2D eigenvalue weighted by molar-refractivity contribution is -1.03. The van der Waals surface area contributed by atoms with Gasteiger partial charge in [-0.25, -0.2) is 4.68 Å². The highest BCUT2D eigenvalue weighted by atomic mass is 35.5. The predicted molar refractivity (Wildman–Crippen MR) is 107 cm³/mol. The first-order valence-electron chi connectivity index (χ1n) is 10.5. The number of piperazine rings is 1. The molecule has 2 aromatic rings. The van der Waals surface area contributed by atoms with Crippen LogP contribution in [0, 0.1) is 0 Å². The molecule has 1 aliphatic heterocycles. The minimum atomic E-state index is 0.120. The number of hydrogen-bond donors (Lipinski definition) is 2. The van der Waals surface area contributed by atoms with Crippen LogP contribution in [0.2, 0.25) is 5.02 Å². The summed E-state index contributed by atoms with van der Waals surface area (Å²) in [6, 6.07) is 9.16. The van der Waals surface area contributed by atoms with Gasteiger partial charge in [0, 0.05) is 17.7 Å². The van der Waals surface area contributed by atoms with E-state index in [1.807, 2.05) is 16.8 Å². The van der Waals surface area contributed by atoms with Crippen molar-refractivity contribution in [2.75, 3.05) is 39.9 Å². The maximum Gasteiger partial charge on any atom is 0.214 e. The van der Waals surface area contributed by atoms with Gasteiger partial charge in [0.2, 0.25) is 5.82 Å². The Morgan fingerprint density at radius 1 is 1.14 bits per heavy atom. The van der Waals surface area contributed by atoms with Gasteiger partial charge in [-0.3, -0.25) is 0 Å². The number of nitrogens with one attached hydrogen (secondary N) is 2. The lowest BCUT2D eigenvalue weighted by Gasteiger charge is -2.36. The molecule has 1 saturated heterocycles. The molecule has 152 valence electrons. The van der Waals surface area contributed by atoms with E-state index in [-0.39, 0.29) is 6.04 Å². The summed E-state index contributed by atoms with van der Waals surface area (Å²) in [6.45, 7) is 5.98. The molecule has 1 saturated carbocycles. The fraction of sp³-hybridized carbons (Fsp3) is 0.650. The lowest BCUT2D eigenvalue weighted by atomic mass is 10.0. The molecule has 1 atom stereocenters. The van der Waals surface area contributed by atoms with Crippen LogP contribution >= 0.6 is 11.6 Å².